The molecule has 3 aromatic rings. The van der Waals surface area contributed by atoms with Crippen molar-refractivity contribution in [2.75, 3.05) is 31.6 Å². The van der Waals surface area contributed by atoms with Gasteiger partial charge in [0, 0.05) is 35.9 Å². The van der Waals surface area contributed by atoms with E-state index in [1.54, 1.807) is 24.3 Å². The van der Waals surface area contributed by atoms with Crippen LogP contribution in [0.4, 0.5) is 10.1 Å². The van der Waals surface area contributed by atoms with Gasteiger partial charge in [0.2, 0.25) is 5.91 Å². The smallest absolute Gasteiger partial charge is 0.228 e. The number of amides is 1. The first kappa shape index (κ1) is 34.5. The van der Waals surface area contributed by atoms with Gasteiger partial charge < -0.3 is 16.4 Å². The Labute approximate surface area is 287 Å². The number of hydrogen-bond acceptors (Lipinski definition) is 8. The van der Waals surface area contributed by atoms with Gasteiger partial charge >= 0.3 is 0 Å². The topological polar surface area (TPSA) is 138 Å². The zero-order chi connectivity index (χ0) is 34.2. The molecule has 1 amide bonds. The predicted octanol–water partition coefficient (Wildman–Crippen LogP) is 6.76. The maximum atomic E-state index is 15.1. The highest BCUT2D eigenvalue weighted by Crippen LogP contribution is 2.32. The van der Waals surface area contributed by atoms with Gasteiger partial charge in [-0.2, -0.15) is 5.11 Å². The zero-order valence-corrected chi connectivity index (χ0v) is 27.9. The second-order valence-electron chi connectivity index (χ2n) is 13.7. The van der Waals surface area contributed by atoms with E-state index in [2.05, 4.69) is 25.9 Å². The molecule has 49 heavy (non-hydrogen) atoms. The molecular formula is C39H45FN6O3. The van der Waals surface area contributed by atoms with Gasteiger partial charge in [-0.3, -0.25) is 14.4 Å². The number of nitrogens with zero attached hydrogens (tertiary/aromatic N) is 3. The van der Waals surface area contributed by atoms with Crippen LogP contribution in [0.15, 0.2) is 82.0 Å². The summed E-state index contributed by atoms with van der Waals surface area (Å²) < 4.78 is 15.1. The molecule has 6 rings (SSSR count). The Bertz CT molecular complexity index is 1690. The molecule has 0 spiro atoms. The summed E-state index contributed by atoms with van der Waals surface area (Å²) in [7, 11) is 0. The maximum absolute atomic E-state index is 15.1. The number of Topliss-reactive ketones (excluding diaryl/α,β-unsaturated/α-hetero) is 2. The van der Waals surface area contributed by atoms with Crippen molar-refractivity contribution in [3.05, 3.63) is 89.2 Å². The average Bonchev–Trinajstić information content (AvgIpc) is 3.68. The Kier molecular flexibility index (Phi) is 11.5. The van der Waals surface area contributed by atoms with Crippen molar-refractivity contribution in [1.29, 1.82) is 0 Å². The first-order valence-corrected chi connectivity index (χ1v) is 17.5. The van der Waals surface area contributed by atoms with E-state index in [1.165, 1.54) is 6.07 Å². The summed E-state index contributed by atoms with van der Waals surface area (Å²) in [6.07, 6.45) is 6.27. The van der Waals surface area contributed by atoms with Gasteiger partial charge in [-0.05, 0) is 130 Å². The number of anilines is 1. The fourth-order valence-corrected chi connectivity index (χ4v) is 7.21. The lowest BCUT2D eigenvalue weighted by Crippen LogP contribution is -2.31. The molecule has 9 nitrogen and oxygen atoms in total. The van der Waals surface area contributed by atoms with E-state index < -0.39 is 11.7 Å². The molecule has 1 aliphatic carbocycles. The minimum Gasteiger partial charge on any atom is -0.330 e. The van der Waals surface area contributed by atoms with Crippen molar-refractivity contribution < 1.29 is 18.8 Å². The average molecular weight is 665 g/mol. The second kappa shape index (κ2) is 16.3. The van der Waals surface area contributed by atoms with Crippen LogP contribution < -0.4 is 16.4 Å². The standard InChI is InChI=1S/C39H45FN6O3/c40-35-21-31(11-14-34(35)37(48)20-26-15-17-42-18-16-26)28-5-1-25(2-6-28)19-32(22-36(47)29-7-3-27(23-41)4-8-29)39(49)45-33-12-9-30(10-13-33)38-43-24-44-46-38/h1-2,5-6,9-14,21,26-27,29,32,42H,3-4,7-8,15-20,22-24,41H2,(H,45,49)/t27?,29?,32-/m1/s1. The van der Waals surface area contributed by atoms with Crippen LogP contribution in [0.3, 0.4) is 0 Å². The Morgan fingerprint density at radius 3 is 2.20 bits per heavy atom. The Balaban J connectivity index is 1.13. The van der Waals surface area contributed by atoms with E-state index in [9.17, 15) is 14.4 Å². The summed E-state index contributed by atoms with van der Waals surface area (Å²) in [6.45, 7) is 2.75. The fraction of sp³-hybridized carbons (Fsp3) is 0.436. The highest BCUT2D eigenvalue weighted by atomic mass is 19.1. The number of rotatable bonds is 13. The summed E-state index contributed by atoms with van der Waals surface area (Å²) in [5.74, 6) is -0.0550. The third-order valence-electron chi connectivity index (χ3n) is 10.3. The predicted molar refractivity (Wildman–Crippen MR) is 189 cm³/mol. The maximum Gasteiger partial charge on any atom is 0.228 e. The van der Waals surface area contributed by atoms with Crippen LogP contribution in [-0.2, 0) is 16.0 Å². The van der Waals surface area contributed by atoms with Gasteiger partial charge in [-0.15, -0.1) is 5.11 Å². The van der Waals surface area contributed by atoms with Crippen molar-refractivity contribution in [3.63, 3.8) is 0 Å². The minimum absolute atomic E-state index is 0.0504. The number of carbonyl (C=O) groups is 3. The monoisotopic (exact) mass is 664 g/mol. The lowest BCUT2D eigenvalue weighted by Gasteiger charge is -2.27. The molecule has 2 heterocycles. The Morgan fingerprint density at radius 1 is 0.857 bits per heavy atom. The van der Waals surface area contributed by atoms with Crippen molar-refractivity contribution in [3.8, 4) is 11.1 Å². The molecule has 2 aliphatic heterocycles. The number of halogens is 1. The quantitative estimate of drug-likeness (QED) is 0.174. The van der Waals surface area contributed by atoms with Crippen LogP contribution in [0.25, 0.3) is 11.1 Å². The van der Waals surface area contributed by atoms with Gasteiger partial charge in [0.15, 0.2) is 18.3 Å². The van der Waals surface area contributed by atoms with Crippen LogP contribution in [0.2, 0.25) is 0 Å². The van der Waals surface area contributed by atoms with E-state index in [1.807, 2.05) is 36.4 Å². The first-order chi connectivity index (χ1) is 23.9. The first-order valence-electron chi connectivity index (χ1n) is 17.5. The molecule has 0 bridgehead atoms. The molecule has 10 heteroatoms. The SMILES string of the molecule is NCC1CCC(C(=O)C[C@@H](Cc2ccc(-c3ccc(C(=O)CC4CCNCC4)c(F)c3)cc2)C(=O)Nc2ccc(C3=NCN=N3)cc2)CC1. The Morgan fingerprint density at radius 2 is 1.55 bits per heavy atom. The summed E-state index contributed by atoms with van der Waals surface area (Å²) in [4.78, 5) is 44.3. The highest BCUT2D eigenvalue weighted by Gasteiger charge is 2.30. The summed E-state index contributed by atoms with van der Waals surface area (Å²) in [5.41, 5.74) is 9.83. The van der Waals surface area contributed by atoms with E-state index in [0.717, 1.165) is 68.3 Å². The van der Waals surface area contributed by atoms with Gasteiger partial charge in [0.1, 0.15) is 11.6 Å². The van der Waals surface area contributed by atoms with Crippen LogP contribution in [0, 0.1) is 29.5 Å². The molecule has 0 unspecified atom stereocenters. The molecule has 256 valence electrons. The molecule has 0 aromatic heterocycles. The van der Waals surface area contributed by atoms with Crippen LogP contribution in [0.1, 0.15) is 72.9 Å². The highest BCUT2D eigenvalue weighted by molar-refractivity contribution is 6.01. The van der Waals surface area contributed by atoms with Crippen LogP contribution in [-0.4, -0.2) is 49.6 Å². The second-order valence-corrected chi connectivity index (χ2v) is 13.7. The van der Waals surface area contributed by atoms with E-state index in [0.29, 0.717) is 55.0 Å². The minimum atomic E-state index is -0.569. The number of nitrogens with two attached hydrogens (primary N) is 1. The third-order valence-corrected chi connectivity index (χ3v) is 10.3. The van der Waals surface area contributed by atoms with Crippen molar-refractivity contribution >= 4 is 29.0 Å². The van der Waals surface area contributed by atoms with E-state index in [4.69, 9.17) is 5.73 Å². The summed E-state index contributed by atoms with van der Waals surface area (Å²) in [6, 6.07) is 19.7. The van der Waals surface area contributed by atoms with Crippen molar-refractivity contribution in [2.24, 2.45) is 44.6 Å². The van der Waals surface area contributed by atoms with Crippen LogP contribution in [0.5, 0.6) is 0 Å². The van der Waals surface area contributed by atoms with E-state index >= 15 is 4.39 Å². The molecule has 3 aliphatic rings. The van der Waals surface area contributed by atoms with Crippen molar-refractivity contribution in [1.82, 2.24) is 5.32 Å². The van der Waals surface area contributed by atoms with Gasteiger partial charge in [0.25, 0.3) is 0 Å². The molecule has 1 saturated heterocycles. The number of nitrogens with one attached hydrogen (secondary N) is 2. The Hall–Kier alpha value is -4.41. The summed E-state index contributed by atoms with van der Waals surface area (Å²) in [5, 5.41) is 14.2. The number of piperidine rings is 1. The van der Waals surface area contributed by atoms with Gasteiger partial charge in [0.05, 0.1) is 5.56 Å². The van der Waals surface area contributed by atoms with Crippen molar-refractivity contribution in [2.45, 2.75) is 57.8 Å². The number of benzene rings is 3. The number of carbonyl (C=O) groups excluding carboxylic acids is 3. The summed E-state index contributed by atoms with van der Waals surface area (Å²) >= 11 is 0. The normalized spacial score (nSPS) is 20.1. The van der Waals surface area contributed by atoms with Crippen LogP contribution >= 0.6 is 0 Å². The van der Waals surface area contributed by atoms with Gasteiger partial charge in [-0.25, -0.2) is 9.38 Å². The fourth-order valence-electron chi connectivity index (χ4n) is 7.21. The number of aliphatic imine (C=N–C) groups is 1. The number of ketones is 2. The van der Waals surface area contributed by atoms with Gasteiger partial charge in [-0.1, -0.05) is 30.3 Å². The number of amidine groups is 1. The molecule has 4 N–H and O–H groups in total. The molecule has 2 fully saturated rings. The lowest BCUT2D eigenvalue weighted by atomic mass is 9.77. The third kappa shape index (κ3) is 8.99. The number of azo groups is 1. The largest absolute Gasteiger partial charge is 0.330 e. The molecule has 1 saturated carbocycles. The lowest BCUT2D eigenvalue weighted by molar-refractivity contribution is -0.129. The molecule has 3 aromatic carbocycles. The molecule has 0 radical (unpaired) electrons. The molecule has 1 atom stereocenters. The van der Waals surface area contributed by atoms with E-state index in [-0.39, 0.29) is 35.4 Å². The molecular weight excluding hydrogens is 619 g/mol. The zero-order valence-electron chi connectivity index (χ0n) is 27.9. The number of hydrogen-bond donors (Lipinski definition) is 3.